The molecule has 1 aliphatic heterocycles. The lowest BCUT2D eigenvalue weighted by Crippen LogP contribution is -2.45. The van der Waals surface area contributed by atoms with E-state index in [-0.39, 0.29) is 25.5 Å². The molecule has 0 spiro atoms. The quantitative estimate of drug-likeness (QED) is 0.919. The monoisotopic (exact) mass is 351 g/mol. The molecule has 0 aromatic heterocycles. The SMILES string of the molecule is O=C1C(CCO)Oc2ccccc2N1Cc1cccc(C(F)(F)F)c1. The average Bonchev–Trinajstić information content (AvgIpc) is 2.58. The van der Waals surface area contributed by atoms with Crippen molar-refractivity contribution in [1.82, 2.24) is 0 Å². The van der Waals surface area contributed by atoms with Crippen LogP contribution in [0.25, 0.3) is 0 Å². The number of carbonyl (C=O) groups is 1. The summed E-state index contributed by atoms with van der Waals surface area (Å²) in [5.41, 5.74) is 0.104. The maximum Gasteiger partial charge on any atom is 0.416 e. The molecule has 1 atom stereocenters. The van der Waals surface area contributed by atoms with Crippen molar-refractivity contribution in [3.05, 3.63) is 59.7 Å². The van der Waals surface area contributed by atoms with Crippen LogP contribution in [0.1, 0.15) is 17.5 Å². The van der Waals surface area contributed by atoms with Gasteiger partial charge in [-0.25, -0.2) is 0 Å². The minimum absolute atomic E-state index is 0.00887. The second-order valence-electron chi connectivity index (χ2n) is 5.71. The van der Waals surface area contributed by atoms with Gasteiger partial charge in [-0.3, -0.25) is 4.79 Å². The Kier molecular flexibility index (Phi) is 4.67. The molecule has 132 valence electrons. The summed E-state index contributed by atoms with van der Waals surface area (Å²) in [7, 11) is 0. The summed E-state index contributed by atoms with van der Waals surface area (Å²) >= 11 is 0. The molecular weight excluding hydrogens is 335 g/mol. The van der Waals surface area contributed by atoms with Crippen molar-refractivity contribution in [3.63, 3.8) is 0 Å². The molecule has 7 heteroatoms. The summed E-state index contributed by atoms with van der Waals surface area (Å²) in [6, 6.07) is 11.7. The van der Waals surface area contributed by atoms with Crippen LogP contribution in [-0.2, 0) is 17.5 Å². The molecule has 1 heterocycles. The first-order valence-corrected chi connectivity index (χ1v) is 7.74. The summed E-state index contributed by atoms with van der Waals surface area (Å²) in [6.45, 7) is -0.235. The van der Waals surface area contributed by atoms with Crippen molar-refractivity contribution in [2.45, 2.75) is 25.2 Å². The van der Waals surface area contributed by atoms with Crippen molar-refractivity contribution >= 4 is 11.6 Å². The average molecular weight is 351 g/mol. The zero-order valence-electron chi connectivity index (χ0n) is 13.2. The van der Waals surface area contributed by atoms with Crippen molar-refractivity contribution in [1.29, 1.82) is 0 Å². The summed E-state index contributed by atoms with van der Waals surface area (Å²) < 4.78 is 44.3. The van der Waals surface area contributed by atoms with Gasteiger partial charge in [-0.05, 0) is 29.8 Å². The molecule has 1 N–H and O–H groups in total. The van der Waals surface area contributed by atoms with Crippen molar-refractivity contribution in [2.75, 3.05) is 11.5 Å². The lowest BCUT2D eigenvalue weighted by molar-refractivity contribution is -0.137. The number of halogens is 3. The lowest BCUT2D eigenvalue weighted by atomic mass is 10.1. The van der Waals surface area contributed by atoms with Crippen molar-refractivity contribution in [2.24, 2.45) is 0 Å². The maximum absolute atomic E-state index is 12.9. The minimum Gasteiger partial charge on any atom is -0.478 e. The van der Waals surface area contributed by atoms with Gasteiger partial charge in [0.2, 0.25) is 0 Å². The Morgan fingerprint density at radius 1 is 1.12 bits per heavy atom. The number of anilines is 1. The largest absolute Gasteiger partial charge is 0.478 e. The summed E-state index contributed by atoms with van der Waals surface area (Å²) in [4.78, 5) is 14.0. The van der Waals surface area contributed by atoms with Crippen LogP contribution in [0, 0.1) is 0 Å². The standard InChI is InChI=1S/C18H16F3NO3/c19-18(20,21)13-5-3-4-12(10-13)11-22-14-6-1-2-7-15(14)25-16(8-9-23)17(22)24/h1-7,10,16,23H,8-9,11H2. The number of nitrogens with zero attached hydrogens (tertiary/aromatic N) is 1. The van der Waals surface area contributed by atoms with Crippen LogP contribution in [0.15, 0.2) is 48.5 Å². The molecule has 0 bridgehead atoms. The maximum atomic E-state index is 12.9. The van der Waals surface area contributed by atoms with E-state index in [0.29, 0.717) is 17.0 Å². The zero-order chi connectivity index (χ0) is 18.0. The summed E-state index contributed by atoms with van der Waals surface area (Å²) in [5.74, 6) is 0.0812. The third-order valence-corrected chi connectivity index (χ3v) is 3.95. The van der Waals surface area contributed by atoms with Crippen molar-refractivity contribution in [3.8, 4) is 5.75 Å². The van der Waals surface area contributed by atoms with E-state index in [1.807, 2.05) is 0 Å². The third-order valence-electron chi connectivity index (χ3n) is 3.95. The van der Waals surface area contributed by atoms with E-state index in [2.05, 4.69) is 0 Å². The number of hydrogen-bond donors (Lipinski definition) is 1. The predicted molar refractivity (Wildman–Crippen MR) is 85.2 cm³/mol. The molecule has 1 aliphatic rings. The second-order valence-corrected chi connectivity index (χ2v) is 5.71. The first-order valence-electron chi connectivity index (χ1n) is 7.74. The molecule has 0 aliphatic carbocycles. The third kappa shape index (κ3) is 3.61. The van der Waals surface area contributed by atoms with Crippen LogP contribution in [0.4, 0.5) is 18.9 Å². The van der Waals surface area contributed by atoms with Gasteiger partial charge in [0.25, 0.3) is 5.91 Å². The van der Waals surface area contributed by atoms with E-state index < -0.39 is 17.8 Å². The van der Waals surface area contributed by atoms with Crippen LogP contribution >= 0.6 is 0 Å². The number of alkyl halides is 3. The molecule has 1 unspecified atom stereocenters. The number of rotatable bonds is 4. The Hall–Kier alpha value is -2.54. The first kappa shape index (κ1) is 17.3. The molecule has 0 radical (unpaired) electrons. The minimum atomic E-state index is -4.44. The van der Waals surface area contributed by atoms with E-state index in [1.165, 1.54) is 11.0 Å². The molecule has 2 aromatic rings. The van der Waals surface area contributed by atoms with Crippen molar-refractivity contribution < 1.29 is 27.8 Å². The number of carbonyl (C=O) groups excluding carboxylic acids is 1. The van der Waals surface area contributed by atoms with Crippen LogP contribution in [0.3, 0.4) is 0 Å². The number of ether oxygens (including phenoxy) is 1. The second kappa shape index (κ2) is 6.76. The highest BCUT2D eigenvalue weighted by Gasteiger charge is 2.35. The topological polar surface area (TPSA) is 49.8 Å². The molecular formula is C18H16F3NO3. The number of hydrogen-bond acceptors (Lipinski definition) is 3. The Morgan fingerprint density at radius 3 is 2.60 bits per heavy atom. The molecule has 25 heavy (non-hydrogen) atoms. The fourth-order valence-corrected chi connectivity index (χ4v) is 2.77. The van der Waals surface area contributed by atoms with Crippen LogP contribution in [0.5, 0.6) is 5.75 Å². The van der Waals surface area contributed by atoms with Gasteiger partial charge in [-0.1, -0.05) is 24.3 Å². The summed E-state index contributed by atoms with van der Waals surface area (Å²) in [6.07, 6.45) is -5.18. The predicted octanol–water partition coefficient (Wildman–Crippen LogP) is 3.38. The van der Waals surface area contributed by atoms with Gasteiger partial charge < -0.3 is 14.7 Å². The molecule has 0 saturated heterocycles. The van der Waals surface area contributed by atoms with Gasteiger partial charge in [-0.15, -0.1) is 0 Å². The van der Waals surface area contributed by atoms with Gasteiger partial charge in [0, 0.05) is 13.0 Å². The highest BCUT2D eigenvalue weighted by molar-refractivity contribution is 5.99. The van der Waals surface area contributed by atoms with Crippen LogP contribution < -0.4 is 9.64 Å². The lowest BCUT2D eigenvalue weighted by Gasteiger charge is -2.34. The van der Waals surface area contributed by atoms with E-state index >= 15 is 0 Å². The molecule has 3 rings (SSSR count). The van der Waals surface area contributed by atoms with Gasteiger partial charge in [0.1, 0.15) is 5.75 Å². The van der Waals surface area contributed by atoms with E-state index in [4.69, 9.17) is 9.84 Å². The van der Waals surface area contributed by atoms with Gasteiger partial charge in [-0.2, -0.15) is 13.2 Å². The zero-order valence-corrected chi connectivity index (χ0v) is 13.2. The molecule has 1 amide bonds. The van der Waals surface area contributed by atoms with E-state index in [9.17, 15) is 18.0 Å². The highest BCUT2D eigenvalue weighted by Crippen LogP contribution is 2.36. The highest BCUT2D eigenvalue weighted by atomic mass is 19.4. The smallest absolute Gasteiger partial charge is 0.416 e. The molecule has 2 aromatic carbocycles. The normalized spacial score (nSPS) is 17.2. The number of fused-ring (bicyclic) bond motifs is 1. The first-order chi connectivity index (χ1) is 11.9. The fraction of sp³-hybridized carbons (Fsp3) is 0.278. The Morgan fingerprint density at radius 2 is 1.88 bits per heavy atom. The van der Waals surface area contributed by atoms with Gasteiger partial charge in [0.05, 0.1) is 17.8 Å². The number of amides is 1. The molecule has 0 fully saturated rings. The van der Waals surface area contributed by atoms with Crippen LogP contribution in [-0.4, -0.2) is 23.7 Å². The molecule has 4 nitrogen and oxygen atoms in total. The van der Waals surface area contributed by atoms with Crippen LogP contribution in [0.2, 0.25) is 0 Å². The van der Waals surface area contributed by atoms with E-state index in [1.54, 1.807) is 30.3 Å². The Labute approximate surface area is 142 Å². The van der Waals surface area contributed by atoms with Gasteiger partial charge >= 0.3 is 6.18 Å². The Bertz CT molecular complexity index is 776. The number of aliphatic hydroxyl groups is 1. The Balaban J connectivity index is 1.94. The number of para-hydroxylation sites is 2. The summed E-state index contributed by atoms with van der Waals surface area (Å²) in [5, 5.41) is 9.11. The fourth-order valence-electron chi connectivity index (χ4n) is 2.77. The van der Waals surface area contributed by atoms with E-state index in [0.717, 1.165) is 12.1 Å². The number of benzene rings is 2. The number of aliphatic hydroxyl groups excluding tert-OH is 1. The van der Waals surface area contributed by atoms with Gasteiger partial charge in [0.15, 0.2) is 6.10 Å². The molecule has 0 saturated carbocycles.